The largest absolute Gasteiger partial charge is 0.366 e. The number of benzene rings is 1. The fraction of sp³-hybridized carbons (Fsp3) is 0.500. The quantitative estimate of drug-likeness (QED) is 0.544. The van der Waals surface area contributed by atoms with Crippen LogP contribution in [-0.2, 0) is 10.3 Å². The number of ketones is 1. The Balaban J connectivity index is 2.12. The molecule has 2 aliphatic heterocycles. The maximum atomic E-state index is 13.7. The lowest BCUT2D eigenvalue weighted by atomic mass is 9.72. The van der Waals surface area contributed by atoms with Gasteiger partial charge in [-0.2, -0.15) is 5.26 Å². The summed E-state index contributed by atoms with van der Waals surface area (Å²) in [5, 5.41) is 25.5. The van der Waals surface area contributed by atoms with Crippen LogP contribution in [0.15, 0.2) is 35.8 Å². The Hall–Kier alpha value is -2.96. The van der Waals surface area contributed by atoms with Crippen LogP contribution in [0.1, 0.15) is 42.6 Å². The molecule has 0 amide bonds. The monoisotopic (exact) mass is 397 g/mol. The topological polar surface area (TPSA) is 135 Å². The SMILES string of the molecule is CCCNC1=C([N+](=O)[O-])[C@@]23OC(N)C(C#N)[C@@]2(c2ccccc2C3=O)N1CCC. The summed E-state index contributed by atoms with van der Waals surface area (Å²) >= 11 is 0. The first-order valence-corrected chi connectivity index (χ1v) is 9.81. The second kappa shape index (κ2) is 6.54. The highest BCUT2D eigenvalue weighted by atomic mass is 16.6. The van der Waals surface area contributed by atoms with Gasteiger partial charge in [0.1, 0.15) is 17.7 Å². The van der Waals surface area contributed by atoms with E-state index < -0.39 is 34.0 Å². The molecule has 2 heterocycles. The Morgan fingerprint density at radius 2 is 2.10 bits per heavy atom. The minimum absolute atomic E-state index is 0.244. The van der Waals surface area contributed by atoms with Crippen molar-refractivity contribution in [3.8, 4) is 6.07 Å². The number of hydrogen-bond donors (Lipinski definition) is 2. The van der Waals surface area contributed by atoms with Gasteiger partial charge in [-0.15, -0.1) is 0 Å². The van der Waals surface area contributed by atoms with E-state index in [1.807, 2.05) is 13.8 Å². The highest BCUT2D eigenvalue weighted by molar-refractivity contribution is 6.12. The van der Waals surface area contributed by atoms with E-state index in [2.05, 4.69) is 11.4 Å². The van der Waals surface area contributed by atoms with Crippen molar-refractivity contribution in [2.24, 2.45) is 11.7 Å². The number of nitrogens with one attached hydrogen (secondary N) is 1. The van der Waals surface area contributed by atoms with E-state index in [-0.39, 0.29) is 11.5 Å². The van der Waals surface area contributed by atoms with Gasteiger partial charge in [0.2, 0.25) is 5.78 Å². The molecule has 1 fully saturated rings. The van der Waals surface area contributed by atoms with E-state index in [4.69, 9.17) is 10.5 Å². The van der Waals surface area contributed by atoms with Gasteiger partial charge in [0.15, 0.2) is 5.82 Å². The number of rotatable bonds is 6. The molecule has 3 N–H and O–H groups in total. The van der Waals surface area contributed by atoms with Crippen molar-refractivity contribution in [2.45, 2.75) is 44.1 Å². The minimum atomic E-state index is -1.95. The lowest BCUT2D eigenvalue weighted by molar-refractivity contribution is -0.442. The molecule has 4 rings (SSSR count). The molecule has 0 bridgehead atoms. The number of carbonyl (C=O) groups is 1. The molecule has 1 saturated heterocycles. The molecule has 3 aliphatic rings. The Kier molecular flexibility index (Phi) is 4.37. The number of Topliss-reactive ketones (excluding diaryl/α,β-unsaturated/α-hetero) is 1. The Bertz CT molecular complexity index is 970. The molecule has 9 heteroatoms. The first-order chi connectivity index (χ1) is 13.9. The van der Waals surface area contributed by atoms with Crippen molar-refractivity contribution in [3.05, 3.63) is 57.0 Å². The fourth-order valence-electron chi connectivity index (χ4n) is 5.24. The summed E-state index contributed by atoms with van der Waals surface area (Å²) in [6, 6.07) is 9.07. The second-order valence-electron chi connectivity index (χ2n) is 7.54. The molecule has 1 aliphatic carbocycles. The third kappa shape index (κ3) is 2.02. The first-order valence-electron chi connectivity index (χ1n) is 9.81. The number of carbonyl (C=O) groups excluding carboxylic acids is 1. The lowest BCUT2D eigenvalue weighted by Gasteiger charge is -2.42. The third-order valence-electron chi connectivity index (χ3n) is 6.10. The molecule has 1 aromatic rings. The van der Waals surface area contributed by atoms with Crippen LogP contribution < -0.4 is 11.1 Å². The molecule has 0 aromatic heterocycles. The number of nitrogens with two attached hydrogens (primary N) is 1. The molecule has 152 valence electrons. The third-order valence-corrected chi connectivity index (χ3v) is 6.10. The number of nitro groups is 1. The summed E-state index contributed by atoms with van der Waals surface area (Å²) in [6.07, 6.45) is 0.268. The lowest BCUT2D eigenvalue weighted by Crippen LogP contribution is -2.58. The molecule has 1 aromatic carbocycles. The molecule has 4 atom stereocenters. The fourth-order valence-corrected chi connectivity index (χ4v) is 5.24. The van der Waals surface area contributed by atoms with E-state index in [1.54, 1.807) is 29.2 Å². The van der Waals surface area contributed by atoms with Crippen molar-refractivity contribution in [1.29, 1.82) is 5.26 Å². The summed E-state index contributed by atoms with van der Waals surface area (Å²) in [7, 11) is 0. The number of hydrogen-bond acceptors (Lipinski definition) is 8. The van der Waals surface area contributed by atoms with Crippen LogP contribution >= 0.6 is 0 Å². The van der Waals surface area contributed by atoms with E-state index in [0.29, 0.717) is 30.6 Å². The van der Waals surface area contributed by atoms with E-state index >= 15 is 0 Å². The van der Waals surface area contributed by atoms with Crippen LogP contribution in [0, 0.1) is 27.4 Å². The summed E-state index contributed by atoms with van der Waals surface area (Å²) in [4.78, 5) is 27.2. The summed E-state index contributed by atoms with van der Waals surface area (Å²) in [5.74, 6) is -1.23. The van der Waals surface area contributed by atoms with Crippen LogP contribution in [-0.4, -0.2) is 40.5 Å². The number of nitriles is 1. The van der Waals surface area contributed by atoms with Crippen LogP contribution in [0.5, 0.6) is 0 Å². The summed E-state index contributed by atoms with van der Waals surface area (Å²) in [6.45, 7) is 4.78. The van der Waals surface area contributed by atoms with Crippen molar-refractivity contribution in [3.63, 3.8) is 0 Å². The van der Waals surface area contributed by atoms with Gasteiger partial charge >= 0.3 is 5.70 Å². The summed E-state index contributed by atoms with van der Waals surface area (Å²) < 4.78 is 5.97. The molecule has 9 nitrogen and oxygen atoms in total. The van der Waals surface area contributed by atoms with E-state index in [0.717, 1.165) is 6.42 Å². The Morgan fingerprint density at radius 1 is 1.38 bits per heavy atom. The predicted octanol–water partition coefficient (Wildman–Crippen LogP) is 1.44. The number of ether oxygens (including phenoxy) is 1. The Morgan fingerprint density at radius 3 is 2.72 bits per heavy atom. The molecule has 0 radical (unpaired) electrons. The van der Waals surface area contributed by atoms with E-state index in [9.17, 15) is 20.2 Å². The second-order valence-corrected chi connectivity index (χ2v) is 7.54. The van der Waals surface area contributed by atoms with Crippen LogP contribution in [0.2, 0.25) is 0 Å². The zero-order valence-electron chi connectivity index (χ0n) is 16.3. The summed E-state index contributed by atoms with van der Waals surface area (Å²) in [5.41, 5.74) is 3.38. The molecule has 29 heavy (non-hydrogen) atoms. The van der Waals surface area contributed by atoms with Gasteiger partial charge in [-0.3, -0.25) is 14.9 Å². The molecule has 2 unspecified atom stereocenters. The first kappa shape index (κ1) is 19.4. The maximum absolute atomic E-state index is 13.7. The average Bonchev–Trinajstić information content (AvgIpc) is 3.18. The van der Waals surface area contributed by atoms with Crippen molar-refractivity contribution >= 4 is 5.78 Å². The van der Waals surface area contributed by atoms with Crippen LogP contribution in [0.3, 0.4) is 0 Å². The molecular weight excluding hydrogens is 374 g/mol. The smallest absolute Gasteiger partial charge is 0.328 e. The normalized spacial score (nSPS) is 32.1. The van der Waals surface area contributed by atoms with Crippen LogP contribution in [0.25, 0.3) is 0 Å². The van der Waals surface area contributed by atoms with Gasteiger partial charge in [-0.05, 0) is 18.4 Å². The van der Waals surface area contributed by atoms with Gasteiger partial charge in [-0.1, -0.05) is 38.1 Å². The molecular formula is C20H23N5O4. The zero-order valence-corrected chi connectivity index (χ0v) is 16.3. The average molecular weight is 397 g/mol. The molecule has 0 spiro atoms. The van der Waals surface area contributed by atoms with Crippen molar-refractivity contribution in [2.75, 3.05) is 13.1 Å². The van der Waals surface area contributed by atoms with Gasteiger partial charge in [0.05, 0.1) is 11.0 Å². The number of nitrogens with zero attached hydrogens (tertiary/aromatic N) is 3. The highest BCUT2D eigenvalue weighted by Gasteiger charge is 2.85. The van der Waals surface area contributed by atoms with Gasteiger partial charge in [0, 0.05) is 18.7 Å². The zero-order chi connectivity index (χ0) is 21.0. The van der Waals surface area contributed by atoms with Crippen molar-refractivity contribution < 1.29 is 14.5 Å². The van der Waals surface area contributed by atoms with Crippen molar-refractivity contribution in [1.82, 2.24) is 10.2 Å². The van der Waals surface area contributed by atoms with Crippen LogP contribution in [0.4, 0.5) is 0 Å². The Labute approximate surface area is 168 Å². The highest BCUT2D eigenvalue weighted by Crippen LogP contribution is 2.66. The van der Waals surface area contributed by atoms with E-state index in [1.165, 1.54) is 0 Å². The molecule has 0 saturated carbocycles. The predicted molar refractivity (Wildman–Crippen MR) is 103 cm³/mol. The van der Waals surface area contributed by atoms with Gasteiger partial charge in [0.25, 0.3) is 5.60 Å². The van der Waals surface area contributed by atoms with Gasteiger partial charge < -0.3 is 20.7 Å². The standard InChI is InChI=1S/C20H23N5O4/c1-3-9-23-18-15(25(27)28)20-16(26)12-7-5-6-8-13(12)19(20,24(18)10-4-2)14(11-21)17(22)29-20/h5-8,14,17,23H,3-4,9-10,22H2,1-2H3/t14?,17?,19-,20+/m1/s1. The number of fused-ring (bicyclic) bond motifs is 1. The van der Waals surface area contributed by atoms with Gasteiger partial charge in [-0.25, -0.2) is 0 Å². The maximum Gasteiger partial charge on any atom is 0.328 e. The minimum Gasteiger partial charge on any atom is -0.366 e.